The van der Waals surface area contributed by atoms with Crippen LogP contribution in [0, 0.1) is 12.8 Å². The van der Waals surface area contributed by atoms with E-state index in [4.69, 9.17) is 10.7 Å². The molecule has 4 heteroatoms. The number of rotatable bonds is 3. The third-order valence-corrected chi connectivity index (χ3v) is 5.63. The van der Waals surface area contributed by atoms with Crippen molar-refractivity contribution in [1.29, 1.82) is 0 Å². The Morgan fingerprint density at radius 1 is 1.00 bits per heavy atom. The zero-order chi connectivity index (χ0) is 14.4. The van der Waals surface area contributed by atoms with Gasteiger partial charge in [-0.1, -0.05) is 12.8 Å². The van der Waals surface area contributed by atoms with Gasteiger partial charge in [0.15, 0.2) is 0 Å². The summed E-state index contributed by atoms with van der Waals surface area (Å²) in [7, 11) is 0. The van der Waals surface area contributed by atoms with Gasteiger partial charge in [0.05, 0.1) is 0 Å². The van der Waals surface area contributed by atoms with Crippen LogP contribution in [0.3, 0.4) is 0 Å². The highest BCUT2D eigenvalue weighted by Gasteiger charge is 2.36. The Balaban J connectivity index is 1.67. The van der Waals surface area contributed by atoms with Gasteiger partial charge in [0.1, 0.15) is 17.5 Å². The van der Waals surface area contributed by atoms with Crippen molar-refractivity contribution >= 4 is 11.6 Å². The second kappa shape index (κ2) is 5.15. The number of anilines is 2. The van der Waals surface area contributed by atoms with Crippen LogP contribution in [0.5, 0.6) is 0 Å². The van der Waals surface area contributed by atoms with E-state index in [1.165, 1.54) is 51.4 Å². The molecule has 2 N–H and O–H groups in total. The first-order valence-electron chi connectivity index (χ1n) is 8.64. The minimum absolute atomic E-state index is 0.569. The van der Waals surface area contributed by atoms with Crippen molar-refractivity contribution in [3.63, 3.8) is 0 Å². The molecule has 1 aromatic rings. The molecule has 21 heavy (non-hydrogen) atoms. The van der Waals surface area contributed by atoms with Gasteiger partial charge in [0.25, 0.3) is 0 Å². The van der Waals surface area contributed by atoms with Gasteiger partial charge in [0, 0.05) is 24.1 Å². The first-order chi connectivity index (χ1) is 10.2. The maximum Gasteiger partial charge on any atom is 0.137 e. The van der Waals surface area contributed by atoms with Crippen molar-refractivity contribution in [2.45, 2.75) is 70.3 Å². The predicted octanol–water partition coefficient (Wildman–Crippen LogP) is 3.40. The lowest BCUT2D eigenvalue weighted by Gasteiger charge is -2.31. The normalized spacial score (nSPS) is 26.7. The highest BCUT2D eigenvalue weighted by atomic mass is 15.2. The Morgan fingerprint density at radius 2 is 1.76 bits per heavy atom. The minimum atomic E-state index is 0.569. The summed E-state index contributed by atoms with van der Waals surface area (Å²) in [5.74, 6) is 4.26. The standard InChI is InChI=1S/C17H26N4/c1-11-15(18)19-16(13-8-9-13)20-17(11)21-10-4-7-14(21)12-5-2-3-6-12/h12-14H,2-10H2,1H3,(H2,18,19,20). The largest absolute Gasteiger partial charge is 0.383 e. The molecule has 3 fully saturated rings. The van der Waals surface area contributed by atoms with Gasteiger partial charge >= 0.3 is 0 Å². The Bertz CT molecular complexity index is 532. The molecule has 3 aliphatic rings. The summed E-state index contributed by atoms with van der Waals surface area (Å²) >= 11 is 0. The van der Waals surface area contributed by atoms with Crippen molar-refractivity contribution in [2.24, 2.45) is 5.92 Å². The fourth-order valence-electron chi connectivity index (χ4n) is 4.23. The molecule has 1 saturated heterocycles. The maximum absolute atomic E-state index is 6.18. The Kier molecular flexibility index (Phi) is 3.27. The summed E-state index contributed by atoms with van der Waals surface area (Å²) in [6.45, 7) is 3.23. The lowest BCUT2D eigenvalue weighted by molar-refractivity contribution is 0.428. The van der Waals surface area contributed by atoms with Crippen LogP contribution in [0.4, 0.5) is 11.6 Å². The molecule has 0 bridgehead atoms. The molecule has 2 saturated carbocycles. The van der Waals surface area contributed by atoms with Crippen LogP contribution in [0.1, 0.15) is 68.7 Å². The number of nitrogen functional groups attached to an aromatic ring is 1. The minimum Gasteiger partial charge on any atom is -0.383 e. The first kappa shape index (κ1) is 13.4. The topological polar surface area (TPSA) is 55.0 Å². The summed E-state index contributed by atoms with van der Waals surface area (Å²) in [6, 6.07) is 0.688. The number of hydrogen-bond donors (Lipinski definition) is 1. The van der Waals surface area contributed by atoms with E-state index >= 15 is 0 Å². The summed E-state index contributed by atoms with van der Waals surface area (Å²) in [5, 5.41) is 0. The fraction of sp³-hybridized carbons (Fsp3) is 0.765. The van der Waals surface area contributed by atoms with Gasteiger partial charge in [-0.3, -0.25) is 0 Å². The van der Waals surface area contributed by atoms with Gasteiger partial charge in [-0.2, -0.15) is 0 Å². The summed E-state index contributed by atoms with van der Waals surface area (Å²) in [5.41, 5.74) is 7.26. The van der Waals surface area contributed by atoms with E-state index < -0.39 is 0 Å². The lowest BCUT2D eigenvalue weighted by atomic mass is 9.96. The highest BCUT2D eigenvalue weighted by Crippen LogP contribution is 2.42. The zero-order valence-corrected chi connectivity index (χ0v) is 13.0. The van der Waals surface area contributed by atoms with E-state index in [1.807, 2.05) is 0 Å². The maximum atomic E-state index is 6.18. The van der Waals surface area contributed by atoms with E-state index in [2.05, 4.69) is 16.8 Å². The molecule has 1 atom stereocenters. The smallest absolute Gasteiger partial charge is 0.137 e. The molecule has 4 rings (SSSR count). The molecule has 0 aromatic carbocycles. The third kappa shape index (κ3) is 2.39. The van der Waals surface area contributed by atoms with Crippen LogP contribution in [0.15, 0.2) is 0 Å². The van der Waals surface area contributed by atoms with Crippen LogP contribution in [-0.2, 0) is 0 Å². The Morgan fingerprint density at radius 3 is 2.48 bits per heavy atom. The zero-order valence-electron chi connectivity index (χ0n) is 13.0. The van der Waals surface area contributed by atoms with Gasteiger partial charge in [0.2, 0.25) is 0 Å². The van der Waals surface area contributed by atoms with Gasteiger partial charge in [-0.05, 0) is 51.4 Å². The van der Waals surface area contributed by atoms with Crippen LogP contribution < -0.4 is 10.6 Å². The summed E-state index contributed by atoms with van der Waals surface area (Å²) in [6.07, 6.45) is 10.7. The average molecular weight is 286 g/mol. The molecule has 0 spiro atoms. The average Bonchev–Trinajstić information content (AvgIpc) is 3.00. The summed E-state index contributed by atoms with van der Waals surface area (Å²) in [4.78, 5) is 12.0. The molecular weight excluding hydrogens is 260 g/mol. The molecule has 1 aliphatic heterocycles. The van der Waals surface area contributed by atoms with Gasteiger partial charge in [-0.25, -0.2) is 9.97 Å². The van der Waals surface area contributed by atoms with Crippen molar-refractivity contribution in [3.05, 3.63) is 11.4 Å². The molecule has 0 amide bonds. The lowest BCUT2D eigenvalue weighted by Crippen LogP contribution is -2.36. The van der Waals surface area contributed by atoms with Crippen molar-refractivity contribution < 1.29 is 0 Å². The SMILES string of the molecule is Cc1c(N)nc(C2CC2)nc1N1CCCC1C1CCCC1. The third-order valence-electron chi connectivity index (χ3n) is 5.63. The highest BCUT2D eigenvalue weighted by molar-refractivity contribution is 5.58. The monoisotopic (exact) mass is 286 g/mol. The van der Waals surface area contributed by atoms with E-state index in [0.29, 0.717) is 17.8 Å². The van der Waals surface area contributed by atoms with Crippen LogP contribution in [0.25, 0.3) is 0 Å². The molecule has 114 valence electrons. The number of nitrogens with zero attached hydrogens (tertiary/aromatic N) is 3. The molecular formula is C17H26N4. The molecule has 2 aliphatic carbocycles. The second-order valence-corrected chi connectivity index (χ2v) is 7.14. The number of aromatic nitrogens is 2. The Labute approximate surface area is 127 Å². The molecule has 1 aromatic heterocycles. The first-order valence-corrected chi connectivity index (χ1v) is 8.64. The number of hydrogen-bond acceptors (Lipinski definition) is 4. The Hall–Kier alpha value is -1.32. The molecule has 1 unspecified atom stereocenters. The van der Waals surface area contributed by atoms with E-state index in [0.717, 1.165) is 29.7 Å². The molecule has 4 nitrogen and oxygen atoms in total. The quantitative estimate of drug-likeness (QED) is 0.925. The van der Waals surface area contributed by atoms with Crippen LogP contribution in [0.2, 0.25) is 0 Å². The second-order valence-electron chi connectivity index (χ2n) is 7.14. The van der Waals surface area contributed by atoms with Crippen molar-refractivity contribution in [2.75, 3.05) is 17.2 Å². The summed E-state index contributed by atoms with van der Waals surface area (Å²) < 4.78 is 0. The predicted molar refractivity (Wildman–Crippen MR) is 85.5 cm³/mol. The van der Waals surface area contributed by atoms with Gasteiger partial charge in [-0.15, -0.1) is 0 Å². The molecule has 2 heterocycles. The molecule has 0 radical (unpaired) electrons. The van der Waals surface area contributed by atoms with Crippen molar-refractivity contribution in [3.8, 4) is 0 Å². The van der Waals surface area contributed by atoms with Crippen LogP contribution in [-0.4, -0.2) is 22.6 Å². The van der Waals surface area contributed by atoms with E-state index in [1.54, 1.807) is 0 Å². The van der Waals surface area contributed by atoms with Crippen molar-refractivity contribution in [1.82, 2.24) is 9.97 Å². The fourth-order valence-corrected chi connectivity index (χ4v) is 4.23. The van der Waals surface area contributed by atoms with E-state index in [-0.39, 0.29) is 0 Å². The number of nitrogens with two attached hydrogens (primary N) is 1. The van der Waals surface area contributed by atoms with E-state index in [9.17, 15) is 0 Å². The van der Waals surface area contributed by atoms with Gasteiger partial charge < -0.3 is 10.6 Å². The van der Waals surface area contributed by atoms with Crippen LogP contribution >= 0.6 is 0 Å².